The number of hydrogen-bond donors (Lipinski definition) is 1. The van der Waals surface area contributed by atoms with E-state index in [1.54, 1.807) is 6.92 Å². The van der Waals surface area contributed by atoms with Gasteiger partial charge < -0.3 is 9.84 Å². The second-order valence-electron chi connectivity index (χ2n) is 2.67. The van der Waals surface area contributed by atoms with Crippen LogP contribution >= 0.6 is 22.6 Å². The molecule has 1 saturated carbocycles. The van der Waals surface area contributed by atoms with E-state index in [0.717, 1.165) is 6.42 Å². The molecule has 2 unspecified atom stereocenters. The standard InChI is InChI=1S/C7H11IO3/c1-2-11-6(10)7(8)3-5(7)4-9/h5,9H,2-4H2,1H3. The molecule has 0 radical (unpaired) electrons. The van der Waals surface area contributed by atoms with Crippen LogP contribution in [-0.4, -0.2) is 27.7 Å². The van der Waals surface area contributed by atoms with Crippen LogP contribution in [0.25, 0.3) is 0 Å². The minimum Gasteiger partial charge on any atom is -0.465 e. The Hall–Kier alpha value is 0.160. The molecule has 11 heavy (non-hydrogen) atoms. The SMILES string of the molecule is CCOC(=O)C1(I)CC1CO. The first-order valence-electron chi connectivity index (χ1n) is 3.62. The Morgan fingerprint density at radius 3 is 2.91 bits per heavy atom. The third-order valence-corrected chi connectivity index (χ3v) is 3.63. The molecule has 1 rings (SSSR count). The summed E-state index contributed by atoms with van der Waals surface area (Å²) < 4.78 is 4.43. The van der Waals surface area contributed by atoms with Gasteiger partial charge in [0.2, 0.25) is 0 Å². The van der Waals surface area contributed by atoms with Gasteiger partial charge in [-0.05, 0) is 13.3 Å². The first-order chi connectivity index (χ1) is 5.15. The van der Waals surface area contributed by atoms with Crippen LogP contribution < -0.4 is 0 Å². The van der Waals surface area contributed by atoms with Crippen molar-refractivity contribution in [2.45, 2.75) is 16.8 Å². The lowest BCUT2D eigenvalue weighted by atomic mass is 10.3. The summed E-state index contributed by atoms with van der Waals surface area (Å²) in [6.45, 7) is 2.29. The van der Waals surface area contributed by atoms with Crippen LogP contribution in [0.1, 0.15) is 13.3 Å². The van der Waals surface area contributed by atoms with Crippen molar-refractivity contribution in [1.82, 2.24) is 0 Å². The van der Waals surface area contributed by atoms with Crippen LogP contribution in [0.15, 0.2) is 0 Å². The topological polar surface area (TPSA) is 46.5 Å². The van der Waals surface area contributed by atoms with E-state index in [0.29, 0.717) is 6.61 Å². The fourth-order valence-electron chi connectivity index (χ4n) is 1.01. The first kappa shape index (κ1) is 9.25. The van der Waals surface area contributed by atoms with Gasteiger partial charge in [0.15, 0.2) is 0 Å². The normalized spacial score (nSPS) is 35.0. The second kappa shape index (κ2) is 3.26. The van der Waals surface area contributed by atoms with Crippen LogP contribution in [0, 0.1) is 5.92 Å². The summed E-state index contributed by atoms with van der Waals surface area (Å²) >= 11 is 2.06. The maximum atomic E-state index is 11.2. The van der Waals surface area contributed by atoms with E-state index in [2.05, 4.69) is 22.6 Å². The van der Waals surface area contributed by atoms with Gasteiger partial charge >= 0.3 is 5.97 Å². The number of aliphatic hydroxyl groups is 1. The lowest BCUT2D eigenvalue weighted by molar-refractivity contribution is -0.143. The summed E-state index contributed by atoms with van der Waals surface area (Å²) in [7, 11) is 0. The largest absolute Gasteiger partial charge is 0.465 e. The maximum absolute atomic E-state index is 11.2. The molecule has 2 atom stereocenters. The first-order valence-corrected chi connectivity index (χ1v) is 4.70. The number of alkyl halides is 1. The van der Waals surface area contributed by atoms with E-state index in [4.69, 9.17) is 9.84 Å². The highest BCUT2D eigenvalue weighted by atomic mass is 127. The fourth-order valence-corrected chi connectivity index (χ4v) is 1.89. The zero-order valence-electron chi connectivity index (χ0n) is 6.34. The zero-order valence-corrected chi connectivity index (χ0v) is 8.50. The molecule has 0 amide bonds. The predicted molar refractivity (Wildman–Crippen MR) is 48.6 cm³/mol. The fraction of sp³-hybridized carbons (Fsp3) is 0.857. The van der Waals surface area contributed by atoms with Gasteiger partial charge in [-0.15, -0.1) is 0 Å². The van der Waals surface area contributed by atoms with Crippen LogP contribution in [0.2, 0.25) is 0 Å². The van der Waals surface area contributed by atoms with Crippen molar-refractivity contribution in [2.24, 2.45) is 5.92 Å². The summed E-state index contributed by atoms with van der Waals surface area (Å²) in [6.07, 6.45) is 0.753. The molecule has 0 saturated heterocycles. The van der Waals surface area contributed by atoms with Gasteiger partial charge in [-0.1, -0.05) is 22.6 Å². The van der Waals surface area contributed by atoms with Crippen molar-refractivity contribution in [1.29, 1.82) is 0 Å². The molecule has 1 fully saturated rings. The lowest BCUT2D eigenvalue weighted by Gasteiger charge is -2.06. The highest BCUT2D eigenvalue weighted by Gasteiger charge is 2.59. The van der Waals surface area contributed by atoms with Gasteiger partial charge in [0.05, 0.1) is 6.61 Å². The number of hydrogen-bond acceptors (Lipinski definition) is 3. The highest BCUT2D eigenvalue weighted by molar-refractivity contribution is 14.1. The molecular weight excluding hydrogens is 259 g/mol. The second-order valence-corrected chi connectivity index (χ2v) is 4.59. The van der Waals surface area contributed by atoms with Crippen LogP contribution in [-0.2, 0) is 9.53 Å². The molecular formula is C7H11IO3. The molecule has 4 heteroatoms. The van der Waals surface area contributed by atoms with Crippen LogP contribution in [0.3, 0.4) is 0 Å². The van der Waals surface area contributed by atoms with Crippen molar-refractivity contribution in [2.75, 3.05) is 13.2 Å². The molecule has 0 heterocycles. The van der Waals surface area contributed by atoms with Gasteiger partial charge in [0.25, 0.3) is 0 Å². The number of ether oxygens (including phenoxy) is 1. The third kappa shape index (κ3) is 1.66. The molecule has 0 aliphatic heterocycles. The number of carbonyl (C=O) groups is 1. The molecule has 0 spiro atoms. The van der Waals surface area contributed by atoms with Gasteiger partial charge in [-0.25, -0.2) is 0 Å². The lowest BCUT2D eigenvalue weighted by Crippen LogP contribution is -2.21. The number of halogens is 1. The summed E-state index contributed by atoms with van der Waals surface area (Å²) in [5.74, 6) is -0.0678. The quantitative estimate of drug-likeness (QED) is 0.467. The Balaban J connectivity index is 2.42. The van der Waals surface area contributed by atoms with Crippen molar-refractivity contribution >= 4 is 28.6 Å². The number of esters is 1. The number of aliphatic hydroxyl groups excluding tert-OH is 1. The zero-order chi connectivity index (χ0) is 8.48. The molecule has 3 nitrogen and oxygen atoms in total. The van der Waals surface area contributed by atoms with E-state index in [9.17, 15) is 4.79 Å². The van der Waals surface area contributed by atoms with E-state index in [1.807, 2.05) is 0 Å². The molecule has 1 N–H and O–H groups in total. The van der Waals surface area contributed by atoms with E-state index in [1.165, 1.54) is 0 Å². The van der Waals surface area contributed by atoms with Gasteiger partial charge in [-0.2, -0.15) is 0 Å². The summed E-state index contributed by atoms with van der Waals surface area (Å²) in [5, 5.41) is 8.75. The minimum atomic E-state index is -0.414. The van der Waals surface area contributed by atoms with Gasteiger partial charge in [-0.3, -0.25) is 4.79 Å². The maximum Gasteiger partial charge on any atom is 0.322 e. The average Bonchev–Trinajstić information content (AvgIpc) is 2.64. The van der Waals surface area contributed by atoms with Gasteiger partial charge in [0, 0.05) is 12.5 Å². The van der Waals surface area contributed by atoms with Crippen molar-refractivity contribution in [3.63, 3.8) is 0 Å². The van der Waals surface area contributed by atoms with E-state index in [-0.39, 0.29) is 18.5 Å². The Morgan fingerprint density at radius 2 is 2.55 bits per heavy atom. The van der Waals surface area contributed by atoms with Crippen molar-refractivity contribution < 1.29 is 14.6 Å². The smallest absolute Gasteiger partial charge is 0.322 e. The number of rotatable bonds is 3. The Labute approximate surface area is 79.3 Å². The van der Waals surface area contributed by atoms with E-state index >= 15 is 0 Å². The molecule has 0 bridgehead atoms. The monoisotopic (exact) mass is 270 g/mol. The molecule has 1 aliphatic rings. The van der Waals surface area contributed by atoms with Crippen molar-refractivity contribution in [3.8, 4) is 0 Å². The van der Waals surface area contributed by atoms with Crippen LogP contribution in [0.4, 0.5) is 0 Å². The predicted octanol–water partition coefficient (Wildman–Crippen LogP) is 0.736. The molecule has 1 aliphatic carbocycles. The summed E-state index contributed by atoms with van der Waals surface area (Å²) in [5.41, 5.74) is 0. The molecule has 0 aromatic rings. The molecule has 0 aromatic carbocycles. The summed E-state index contributed by atoms with van der Waals surface area (Å²) in [4.78, 5) is 11.2. The summed E-state index contributed by atoms with van der Waals surface area (Å²) in [6, 6.07) is 0. The Kier molecular flexibility index (Phi) is 2.74. The third-order valence-electron chi connectivity index (χ3n) is 1.87. The molecule has 0 aromatic heterocycles. The number of carbonyl (C=O) groups excluding carboxylic acids is 1. The minimum absolute atomic E-state index is 0.0851. The van der Waals surface area contributed by atoms with Crippen molar-refractivity contribution in [3.05, 3.63) is 0 Å². The molecule has 64 valence electrons. The Morgan fingerprint density at radius 1 is 1.91 bits per heavy atom. The van der Waals surface area contributed by atoms with Gasteiger partial charge in [0.1, 0.15) is 3.42 Å². The van der Waals surface area contributed by atoms with Crippen LogP contribution in [0.5, 0.6) is 0 Å². The highest BCUT2D eigenvalue weighted by Crippen LogP contribution is 2.52. The Bertz CT molecular complexity index is 171. The average molecular weight is 270 g/mol. The van der Waals surface area contributed by atoms with E-state index < -0.39 is 3.42 Å².